The molecule has 1 aliphatic heterocycles. The summed E-state index contributed by atoms with van der Waals surface area (Å²) in [5.41, 5.74) is 3.37. The SMILES string of the molecule is CN(Cc1ccccc1)c1ncccc1CNCc1cc2c(cc1Cl)OCO2. The molecule has 2 aromatic carbocycles. The molecule has 1 aliphatic rings. The van der Waals surface area contributed by atoms with Gasteiger partial charge in [-0.15, -0.1) is 0 Å². The van der Waals surface area contributed by atoms with Gasteiger partial charge in [-0.05, 0) is 23.3 Å². The van der Waals surface area contributed by atoms with Crippen LogP contribution < -0.4 is 19.7 Å². The highest BCUT2D eigenvalue weighted by molar-refractivity contribution is 6.31. The highest BCUT2D eigenvalue weighted by atomic mass is 35.5. The molecular weight excluding hydrogens is 374 g/mol. The number of benzene rings is 2. The van der Waals surface area contributed by atoms with E-state index < -0.39 is 0 Å². The number of ether oxygens (including phenoxy) is 2. The molecule has 28 heavy (non-hydrogen) atoms. The van der Waals surface area contributed by atoms with Gasteiger partial charge in [0.15, 0.2) is 11.5 Å². The predicted molar refractivity (Wildman–Crippen MR) is 111 cm³/mol. The van der Waals surface area contributed by atoms with E-state index in [1.807, 2.05) is 30.5 Å². The van der Waals surface area contributed by atoms with E-state index in [0.717, 1.165) is 29.2 Å². The normalized spacial score (nSPS) is 12.2. The third-order valence-electron chi connectivity index (χ3n) is 4.66. The van der Waals surface area contributed by atoms with Crippen molar-refractivity contribution >= 4 is 17.4 Å². The van der Waals surface area contributed by atoms with Crippen LogP contribution in [0.1, 0.15) is 16.7 Å². The molecule has 0 unspecified atom stereocenters. The first-order chi connectivity index (χ1) is 13.7. The molecule has 0 saturated heterocycles. The Morgan fingerprint density at radius 3 is 2.57 bits per heavy atom. The Hall–Kier alpha value is -2.76. The van der Waals surface area contributed by atoms with Crippen LogP contribution in [0.15, 0.2) is 60.8 Å². The van der Waals surface area contributed by atoms with Gasteiger partial charge in [-0.2, -0.15) is 0 Å². The molecule has 0 aliphatic carbocycles. The summed E-state index contributed by atoms with van der Waals surface area (Å²) in [4.78, 5) is 6.76. The van der Waals surface area contributed by atoms with Crippen molar-refractivity contribution in [2.45, 2.75) is 19.6 Å². The number of nitrogens with zero attached hydrogens (tertiary/aromatic N) is 2. The zero-order valence-electron chi connectivity index (χ0n) is 15.7. The molecule has 3 aromatic rings. The minimum Gasteiger partial charge on any atom is -0.454 e. The number of hydrogen-bond acceptors (Lipinski definition) is 5. The lowest BCUT2D eigenvalue weighted by atomic mass is 10.1. The van der Waals surface area contributed by atoms with E-state index in [1.165, 1.54) is 5.56 Å². The number of pyridine rings is 1. The number of anilines is 1. The summed E-state index contributed by atoms with van der Waals surface area (Å²) in [7, 11) is 2.06. The molecule has 4 rings (SSSR count). The lowest BCUT2D eigenvalue weighted by Gasteiger charge is -2.21. The summed E-state index contributed by atoms with van der Waals surface area (Å²) in [6, 6.07) is 18.2. The van der Waals surface area contributed by atoms with E-state index in [1.54, 1.807) is 0 Å². The molecule has 0 fully saturated rings. The Labute approximate surface area is 169 Å². The van der Waals surface area contributed by atoms with E-state index in [2.05, 4.69) is 52.6 Å². The molecule has 0 atom stereocenters. The monoisotopic (exact) mass is 395 g/mol. The van der Waals surface area contributed by atoms with Gasteiger partial charge in [-0.25, -0.2) is 4.98 Å². The number of nitrogens with one attached hydrogen (secondary N) is 1. The Balaban J connectivity index is 1.42. The molecule has 0 amide bonds. The fraction of sp³-hybridized carbons (Fsp3) is 0.227. The summed E-state index contributed by atoms with van der Waals surface area (Å²) < 4.78 is 10.8. The van der Waals surface area contributed by atoms with E-state index in [9.17, 15) is 0 Å². The molecule has 0 bridgehead atoms. The van der Waals surface area contributed by atoms with Crippen molar-refractivity contribution in [3.63, 3.8) is 0 Å². The number of halogens is 1. The zero-order valence-corrected chi connectivity index (χ0v) is 16.4. The van der Waals surface area contributed by atoms with Gasteiger partial charge in [0.05, 0.1) is 0 Å². The molecule has 0 saturated carbocycles. The van der Waals surface area contributed by atoms with E-state index in [0.29, 0.717) is 23.9 Å². The molecular formula is C22H22ClN3O2. The Morgan fingerprint density at radius 1 is 1.00 bits per heavy atom. The third kappa shape index (κ3) is 4.21. The topological polar surface area (TPSA) is 46.6 Å². The number of hydrogen-bond donors (Lipinski definition) is 1. The average Bonchev–Trinajstić information content (AvgIpc) is 3.16. The summed E-state index contributed by atoms with van der Waals surface area (Å²) >= 11 is 6.37. The van der Waals surface area contributed by atoms with Crippen molar-refractivity contribution in [3.8, 4) is 11.5 Å². The van der Waals surface area contributed by atoms with Crippen molar-refractivity contribution in [1.82, 2.24) is 10.3 Å². The van der Waals surface area contributed by atoms with Crippen LogP contribution in [0.25, 0.3) is 0 Å². The van der Waals surface area contributed by atoms with Gasteiger partial charge >= 0.3 is 0 Å². The molecule has 5 nitrogen and oxygen atoms in total. The van der Waals surface area contributed by atoms with Crippen LogP contribution in [0.3, 0.4) is 0 Å². The van der Waals surface area contributed by atoms with E-state index >= 15 is 0 Å². The van der Waals surface area contributed by atoms with Crippen molar-refractivity contribution in [1.29, 1.82) is 0 Å². The first-order valence-electron chi connectivity index (χ1n) is 9.18. The van der Waals surface area contributed by atoms with Crippen LogP contribution in [0, 0.1) is 0 Å². The predicted octanol–water partition coefficient (Wildman–Crippen LogP) is 4.39. The summed E-state index contributed by atoms with van der Waals surface area (Å²) in [5, 5.41) is 4.13. The smallest absolute Gasteiger partial charge is 0.231 e. The quantitative estimate of drug-likeness (QED) is 0.642. The largest absolute Gasteiger partial charge is 0.454 e. The van der Waals surface area contributed by atoms with Crippen LogP contribution in [-0.4, -0.2) is 18.8 Å². The fourth-order valence-electron chi connectivity index (χ4n) is 3.27. The van der Waals surface area contributed by atoms with E-state index in [-0.39, 0.29) is 6.79 Å². The maximum atomic E-state index is 6.37. The fourth-order valence-corrected chi connectivity index (χ4v) is 3.49. The maximum absolute atomic E-state index is 6.37. The Morgan fingerprint density at radius 2 is 1.75 bits per heavy atom. The van der Waals surface area contributed by atoms with Crippen molar-refractivity contribution < 1.29 is 9.47 Å². The highest BCUT2D eigenvalue weighted by Gasteiger charge is 2.16. The lowest BCUT2D eigenvalue weighted by molar-refractivity contribution is 0.174. The van der Waals surface area contributed by atoms with Crippen molar-refractivity contribution in [2.24, 2.45) is 0 Å². The van der Waals surface area contributed by atoms with Crippen LogP contribution >= 0.6 is 11.6 Å². The summed E-state index contributed by atoms with van der Waals surface area (Å²) in [5.74, 6) is 2.41. The highest BCUT2D eigenvalue weighted by Crippen LogP contribution is 2.36. The van der Waals surface area contributed by atoms with Gasteiger partial charge in [-0.3, -0.25) is 0 Å². The first kappa shape index (κ1) is 18.6. The van der Waals surface area contributed by atoms with Gasteiger partial charge in [0.1, 0.15) is 5.82 Å². The second-order valence-electron chi connectivity index (χ2n) is 6.73. The van der Waals surface area contributed by atoms with Crippen LogP contribution in [0.2, 0.25) is 5.02 Å². The van der Waals surface area contributed by atoms with Gasteiger partial charge in [0.2, 0.25) is 6.79 Å². The van der Waals surface area contributed by atoms with Crippen LogP contribution in [0.5, 0.6) is 11.5 Å². The first-order valence-corrected chi connectivity index (χ1v) is 9.56. The molecule has 0 radical (unpaired) electrons. The van der Waals surface area contributed by atoms with Crippen LogP contribution in [-0.2, 0) is 19.6 Å². The van der Waals surface area contributed by atoms with Crippen molar-refractivity contribution in [2.75, 3.05) is 18.7 Å². The van der Waals surface area contributed by atoms with Gasteiger partial charge in [-0.1, -0.05) is 48.0 Å². The number of fused-ring (bicyclic) bond motifs is 1. The lowest BCUT2D eigenvalue weighted by Crippen LogP contribution is -2.21. The molecule has 144 valence electrons. The summed E-state index contributed by atoms with van der Waals surface area (Å²) in [6.07, 6.45) is 1.83. The van der Waals surface area contributed by atoms with Crippen molar-refractivity contribution in [3.05, 3.63) is 82.5 Å². The summed E-state index contributed by atoms with van der Waals surface area (Å²) in [6.45, 7) is 2.37. The van der Waals surface area contributed by atoms with Gasteiger partial charge in [0.25, 0.3) is 0 Å². The molecule has 2 heterocycles. The number of aromatic nitrogens is 1. The van der Waals surface area contributed by atoms with E-state index in [4.69, 9.17) is 21.1 Å². The molecule has 1 aromatic heterocycles. The second kappa shape index (κ2) is 8.50. The van der Waals surface area contributed by atoms with Crippen LogP contribution in [0.4, 0.5) is 5.82 Å². The Kier molecular flexibility index (Phi) is 5.65. The molecule has 1 N–H and O–H groups in total. The number of rotatable bonds is 7. The van der Waals surface area contributed by atoms with Gasteiger partial charge in [0, 0.05) is 49.5 Å². The average molecular weight is 396 g/mol. The minimum absolute atomic E-state index is 0.245. The maximum Gasteiger partial charge on any atom is 0.231 e. The standard InChI is InChI=1S/C22H22ClN3O2/c1-26(14-16-6-3-2-4-7-16)22-17(8-5-9-25-22)12-24-13-18-10-20-21(11-19(18)23)28-15-27-20/h2-11,24H,12-15H2,1H3. The molecule has 6 heteroatoms. The molecule has 0 spiro atoms. The minimum atomic E-state index is 0.245. The Bertz CT molecular complexity index is 950. The second-order valence-corrected chi connectivity index (χ2v) is 7.14. The zero-order chi connectivity index (χ0) is 19.3. The van der Waals surface area contributed by atoms with Gasteiger partial charge < -0.3 is 19.7 Å². The third-order valence-corrected chi connectivity index (χ3v) is 5.02.